The molecule has 9 heteroatoms. The normalized spacial score (nSPS) is 11.0. The highest BCUT2D eigenvalue weighted by atomic mass is 19.4. The van der Waals surface area contributed by atoms with E-state index >= 15 is 0 Å². The molecule has 6 nitrogen and oxygen atoms in total. The van der Waals surface area contributed by atoms with Crippen LogP contribution in [-0.2, 0) is 11.2 Å². The highest BCUT2D eigenvalue weighted by molar-refractivity contribution is 5.99. The number of aryl methyl sites for hydroxylation is 1. The molecule has 0 radical (unpaired) electrons. The molecule has 0 fully saturated rings. The zero-order valence-electron chi connectivity index (χ0n) is 15.4. The molecule has 1 N–H and O–H groups in total. The van der Waals surface area contributed by atoms with Crippen LogP contribution in [0, 0.1) is 0 Å². The molecule has 0 aliphatic carbocycles. The molecule has 2 rings (SSSR count). The van der Waals surface area contributed by atoms with Gasteiger partial charge in [0.2, 0.25) is 11.8 Å². The monoisotopic (exact) mass is 395 g/mol. The lowest BCUT2D eigenvalue weighted by atomic mass is 10.1. The molecular weight excluding hydrogens is 375 g/mol. The van der Waals surface area contributed by atoms with E-state index in [1.807, 2.05) is 19.1 Å². The summed E-state index contributed by atoms with van der Waals surface area (Å²) in [5, 5.41) is 2.76. The lowest BCUT2D eigenvalue weighted by Gasteiger charge is -2.17. The van der Waals surface area contributed by atoms with E-state index in [4.69, 9.17) is 0 Å². The first-order valence-electron chi connectivity index (χ1n) is 8.48. The Labute approximate surface area is 160 Å². The molecule has 0 aliphatic rings. The number of hydrogen-bond acceptors (Lipinski definition) is 4. The molecule has 0 saturated carbocycles. The van der Waals surface area contributed by atoms with Gasteiger partial charge < -0.3 is 15.0 Å². The number of pyridine rings is 1. The van der Waals surface area contributed by atoms with Crippen LogP contribution in [0.5, 0.6) is 5.88 Å². The Hall–Kier alpha value is -3.10. The summed E-state index contributed by atoms with van der Waals surface area (Å²) in [6.45, 7) is 0.311. The van der Waals surface area contributed by atoms with Crippen LogP contribution in [0.1, 0.15) is 22.8 Å². The number of carbonyl (C=O) groups is 2. The van der Waals surface area contributed by atoms with Crippen molar-refractivity contribution < 1.29 is 27.5 Å². The third-order valence-corrected chi connectivity index (χ3v) is 3.77. The lowest BCUT2D eigenvalue weighted by molar-refractivity contribution is -0.154. The summed E-state index contributed by atoms with van der Waals surface area (Å²) in [5.74, 6) is -1.10. The summed E-state index contributed by atoms with van der Waals surface area (Å²) in [5.41, 5.74) is 1.79. The Bertz CT molecular complexity index is 823. The highest BCUT2D eigenvalue weighted by Crippen LogP contribution is 2.18. The van der Waals surface area contributed by atoms with Crippen LogP contribution in [0.2, 0.25) is 0 Å². The topological polar surface area (TPSA) is 71.5 Å². The van der Waals surface area contributed by atoms with Crippen molar-refractivity contribution in [3.05, 3.63) is 53.7 Å². The van der Waals surface area contributed by atoms with Crippen LogP contribution in [0.15, 0.2) is 42.6 Å². The first-order valence-corrected chi connectivity index (χ1v) is 8.48. The van der Waals surface area contributed by atoms with Crippen LogP contribution >= 0.6 is 0 Å². The van der Waals surface area contributed by atoms with E-state index < -0.39 is 18.7 Å². The molecule has 0 aliphatic heterocycles. The molecule has 1 heterocycles. The molecule has 2 aromatic rings. The Balaban J connectivity index is 1.93. The first kappa shape index (κ1) is 21.2. The number of anilines is 1. The summed E-state index contributed by atoms with van der Waals surface area (Å²) in [4.78, 5) is 29.5. The SMILES string of the molecule is CCc1ccccc1NC(=O)CN(C)C(=O)c1ccc(OCC(F)(F)F)nc1. The minimum absolute atomic E-state index is 0.128. The van der Waals surface area contributed by atoms with Gasteiger partial charge in [-0.25, -0.2) is 4.98 Å². The number of hydrogen-bond donors (Lipinski definition) is 1. The Morgan fingerprint density at radius 2 is 1.89 bits per heavy atom. The van der Waals surface area contributed by atoms with Crippen LogP contribution in [0.4, 0.5) is 18.9 Å². The van der Waals surface area contributed by atoms with Gasteiger partial charge in [-0.2, -0.15) is 13.2 Å². The lowest BCUT2D eigenvalue weighted by Crippen LogP contribution is -2.35. The summed E-state index contributed by atoms with van der Waals surface area (Å²) in [6.07, 6.45) is -2.62. The van der Waals surface area contributed by atoms with Gasteiger partial charge in [-0.15, -0.1) is 0 Å². The number of amides is 2. The van der Waals surface area contributed by atoms with Crippen LogP contribution in [0.3, 0.4) is 0 Å². The second-order valence-corrected chi connectivity index (χ2v) is 6.01. The van der Waals surface area contributed by atoms with Crippen LogP contribution in [0.25, 0.3) is 0 Å². The van der Waals surface area contributed by atoms with Crippen molar-refractivity contribution in [3.8, 4) is 5.88 Å². The number of likely N-dealkylation sites (N-methyl/N-ethyl adjacent to an activating group) is 1. The van der Waals surface area contributed by atoms with E-state index in [2.05, 4.69) is 15.0 Å². The van der Waals surface area contributed by atoms with Crippen molar-refractivity contribution in [1.29, 1.82) is 0 Å². The molecule has 0 saturated heterocycles. The van der Waals surface area contributed by atoms with Crippen LogP contribution in [-0.4, -0.2) is 48.1 Å². The molecule has 1 aromatic carbocycles. The molecule has 28 heavy (non-hydrogen) atoms. The van der Waals surface area contributed by atoms with Gasteiger partial charge in [-0.1, -0.05) is 25.1 Å². The summed E-state index contributed by atoms with van der Waals surface area (Å²) >= 11 is 0. The maximum Gasteiger partial charge on any atom is 0.422 e. The third-order valence-electron chi connectivity index (χ3n) is 3.77. The van der Waals surface area contributed by atoms with Gasteiger partial charge in [0.25, 0.3) is 5.91 Å². The highest BCUT2D eigenvalue weighted by Gasteiger charge is 2.28. The molecule has 0 atom stereocenters. The largest absolute Gasteiger partial charge is 0.468 e. The maximum atomic E-state index is 12.4. The number of nitrogens with zero attached hydrogens (tertiary/aromatic N) is 2. The van der Waals surface area contributed by atoms with E-state index in [-0.39, 0.29) is 23.9 Å². The summed E-state index contributed by atoms with van der Waals surface area (Å²) in [7, 11) is 1.45. The number of halogens is 3. The van der Waals surface area contributed by atoms with E-state index in [9.17, 15) is 22.8 Å². The van der Waals surface area contributed by atoms with Crippen molar-refractivity contribution in [2.45, 2.75) is 19.5 Å². The summed E-state index contributed by atoms with van der Waals surface area (Å²) in [6, 6.07) is 9.82. The number of rotatable bonds is 7. The van der Waals surface area contributed by atoms with Gasteiger partial charge in [0, 0.05) is 25.0 Å². The van der Waals surface area contributed by atoms with Gasteiger partial charge in [0.05, 0.1) is 12.1 Å². The third kappa shape index (κ3) is 6.26. The van der Waals surface area contributed by atoms with E-state index in [1.54, 1.807) is 12.1 Å². The molecular formula is C19H20F3N3O3. The van der Waals surface area contributed by atoms with Gasteiger partial charge >= 0.3 is 6.18 Å². The molecule has 150 valence electrons. The number of benzene rings is 1. The van der Waals surface area contributed by atoms with Gasteiger partial charge in [0.1, 0.15) is 0 Å². The van der Waals surface area contributed by atoms with Crippen molar-refractivity contribution in [3.63, 3.8) is 0 Å². The zero-order valence-corrected chi connectivity index (χ0v) is 15.4. The predicted molar refractivity (Wildman–Crippen MR) is 97.2 cm³/mol. The van der Waals surface area contributed by atoms with Crippen molar-refractivity contribution in [2.75, 3.05) is 25.5 Å². The van der Waals surface area contributed by atoms with Gasteiger partial charge in [0.15, 0.2) is 6.61 Å². The number of alkyl halides is 3. The minimum Gasteiger partial charge on any atom is -0.468 e. The molecule has 0 unspecified atom stereocenters. The number of aromatic nitrogens is 1. The second-order valence-electron chi connectivity index (χ2n) is 6.01. The van der Waals surface area contributed by atoms with E-state index in [0.717, 1.165) is 18.2 Å². The predicted octanol–water partition coefficient (Wildman–Crippen LogP) is 3.30. The maximum absolute atomic E-state index is 12.4. The second kappa shape index (κ2) is 9.20. The molecule has 0 spiro atoms. The fourth-order valence-electron chi connectivity index (χ4n) is 2.40. The fourth-order valence-corrected chi connectivity index (χ4v) is 2.40. The first-order chi connectivity index (χ1) is 13.2. The standard InChI is InChI=1S/C19H20F3N3O3/c1-3-13-6-4-5-7-15(13)24-16(26)11-25(2)18(27)14-8-9-17(23-10-14)28-12-19(20,21)22/h4-10H,3,11-12H2,1-2H3,(H,24,26). The number of para-hydroxylation sites is 1. The van der Waals surface area contributed by atoms with E-state index in [1.165, 1.54) is 24.1 Å². The average molecular weight is 395 g/mol. The Morgan fingerprint density at radius 3 is 2.50 bits per heavy atom. The van der Waals surface area contributed by atoms with Crippen molar-refractivity contribution in [1.82, 2.24) is 9.88 Å². The number of carbonyl (C=O) groups excluding carboxylic acids is 2. The quantitative estimate of drug-likeness (QED) is 0.781. The van der Waals surface area contributed by atoms with Crippen molar-refractivity contribution >= 4 is 17.5 Å². The number of nitrogens with one attached hydrogen (secondary N) is 1. The smallest absolute Gasteiger partial charge is 0.422 e. The Morgan fingerprint density at radius 1 is 1.18 bits per heavy atom. The average Bonchev–Trinajstić information content (AvgIpc) is 2.66. The number of ether oxygens (including phenoxy) is 1. The molecule has 0 bridgehead atoms. The van der Waals surface area contributed by atoms with Crippen molar-refractivity contribution in [2.24, 2.45) is 0 Å². The fraction of sp³-hybridized carbons (Fsp3) is 0.316. The van der Waals surface area contributed by atoms with Gasteiger partial charge in [-0.3, -0.25) is 9.59 Å². The summed E-state index contributed by atoms with van der Waals surface area (Å²) < 4.78 is 40.9. The Kier molecular flexibility index (Phi) is 6.97. The zero-order chi connectivity index (χ0) is 20.7. The minimum atomic E-state index is -4.47. The molecule has 1 aromatic heterocycles. The van der Waals surface area contributed by atoms with Crippen LogP contribution < -0.4 is 10.1 Å². The van der Waals surface area contributed by atoms with E-state index in [0.29, 0.717) is 5.69 Å². The molecule has 2 amide bonds. The van der Waals surface area contributed by atoms with Gasteiger partial charge in [-0.05, 0) is 24.1 Å².